The molecular weight excluding hydrogens is 598 g/mol. The number of carboxylic acid groups (broad SMARTS) is 1. The molecule has 0 amide bonds. The molecule has 6 N–H and O–H groups in total. The fraction of sp³-hybridized carbons (Fsp3) is 0.129. The van der Waals surface area contributed by atoms with Gasteiger partial charge in [-0.1, -0.05) is 30.3 Å². The van der Waals surface area contributed by atoms with E-state index in [2.05, 4.69) is 25.8 Å². The van der Waals surface area contributed by atoms with Crippen LogP contribution in [0.2, 0.25) is 0 Å². The van der Waals surface area contributed by atoms with Crippen LogP contribution in [0, 0.1) is 0 Å². The molecule has 14 heteroatoms. The van der Waals surface area contributed by atoms with Crippen LogP contribution in [0.25, 0.3) is 21.5 Å². The van der Waals surface area contributed by atoms with E-state index in [1.54, 1.807) is 48.5 Å². The number of nitrogen functional groups attached to an aromatic ring is 1. The van der Waals surface area contributed by atoms with E-state index in [1.807, 2.05) is 4.90 Å². The molecule has 1 heterocycles. The summed E-state index contributed by atoms with van der Waals surface area (Å²) in [7, 11) is -4.78. The number of anilines is 2. The highest BCUT2D eigenvalue weighted by atomic mass is 32.2. The van der Waals surface area contributed by atoms with Gasteiger partial charge in [-0.05, 0) is 53.9 Å². The van der Waals surface area contributed by atoms with Crippen molar-refractivity contribution in [2.75, 3.05) is 36.8 Å². The third kappa shape index (κ3) is 6.02. The Hall–Kier alpha value is -5.44. The van der Waals surface area contributed by atoms with E-state index < -0.39 is 32.4 Å². The number of rotatable bonds is 7. The normalized spacial score (nSPS) is 14.2. The molecule has 228 valence electrons. The number of nitrogens with zero attached hydrogens (tertiary/aromatic N) is 5. The number of carboxylic acids is 1. The largest absolute Gasteiger partial charge is 0.505 e. The topological polar surface area (TPSA) is 203 Å². The number of hydrogen-bond acceptors (Lipinski definition) is 11. The zero-order chi connectivity index (χ0) is 31.7. The lowest BCUT2D eigenvalue weighted by molar-refractivity contribution is 0.0697. The van der Waals surface area contributed by atoms with Crippen LogP contribution in [-0.4, -0.2) is 55.3 Å². The van der Waals surface area contributed by atoms with Crippen LogP contribution >= 0.6 is 0 Å². The van der Waals surface area contributed by atoms with Gasteiger partial charge in [0.2, 0.25) is 0 Å². The molecule has 1 aliphatic rings. The number of benzene rings is 5. The molecule has 0 aromatic heterocycles. The summed E-state index contributed by atoms with van der Waals surface area (Å²) in [6.07, 6.45) is 0. The molecule has 45 heavy (non-hydrogen) atoms. The van der Waals surface area contributed by atoms with Gasteiger partial charge in [-0.25, -0.2) is 4.79 Å². The predicted molar refractivity (Wildman–Crippen MR) is 171 cm³/mol. The number of nitrogens with two attached hydrogens (primary N) is 1. The van der Waals surface area contributed by atoms with Gasteiger partial charge in [0.25, 0.3) is 10.1 Å². The number of fused-ring (bicyclic) bond motifs is 2. The Kier molecular flexibility index (Phi) is 7.85. The Morgan fingerprint density at radius 1 is 0.822 bits per heavy atom. The number of aromatic hydroxyl groups is 1. The van der Waals surface area contributed by atoms with Crippen LogP contribution in [0.5, 0.6) is 5.75 Å². The van der Waals surface area contributed by atoms with E-state index >= 15 is 0 Å². The number of aromatic carboxylic acids is 1. The minimum Gasteiger partial charge on any atom is -0.505 e. The van der Waals surface area contributed by atoms with E-state index in [9.17, 15) is 28.0 Å². The SMILES string of the molecule is Nc1ccc2cc(S(=O)(=O)O)c(N=Nc3ccc(N=Nc4ccc(N5CCNCC5)c(C(=O)O)c4)c4ccccc34)c(O)c2c1. The summed E-state index contributed by atoms with van der Waals surface area (Å²) in [5.74, 6) is -1.56. The predicted octanol–water partition coefficient (Wildman–Crippen LogP) is 6.47. The Bertz CT molecular complexity index is 2140. The molecule has 5 aromatic carbocycles. The Morgan fingerprint density at radius 2 is 1.49 bits per heavy atom. The molecule has 0 aliphatic carbocycles. The fourth-order valence-electron chi connectivity index (χ4n) is 5.25. The second-order valence-electron chi connectivity index (χ2n) is 10.3. The summed E-state index contributed by atoms with van der Waals surface area (Å²) in [5.41, 5.74) is 7.67. The van der Waals surface area contributed by atoms with Gasteiger partial charge in [0.15, 0.2) is 5.75 Å². The molecule has 0 unspecified atom stereocenters. The molecule has 1 aliphatic heterocycles. The van der Waals surface area contributed by atoms with E-state index in [4.69, 9.17) is 5.73 Å². The first-order valence-corrected chi connectivity index (χ1v) is 15.2. The highest BCUT2D eigenvalue weighted by molar-refractivity contribution is 7.86. The first kappa shape index (κ1) is 29.6. The summed E-state index contributed by atoms with van der Waals surface area (Å²) in [6, 6.07) is 21.0. The van der Waals surface area contributed by atoms with Gasteiger partial charge < -0.3 is 26.2 Å². The molecular formula is C31H27N7O6S. The van der Waals surface area contributed by atoms with Crippen LogP contribution < -0.4 is 16.0 Å². The van der Waals surface area contributed by atoms with Crippen molar-refractivity contribution in [1.82, 2.24) is 5.32 Å². The van der Waals surface area contributed by atoms with Crippen molar-refractivity contribution in [2.24, 2.45) is 20.5 Å². The van der Waals surface area contributed by atoms with Crippen molar-refractivity contribution in [3.8, 4) is 5.75 Å². The van der Waals surface area contributed by atoms with Gasteiger partial charge in [-0.2, -0.15) is 13.5 Å². The third-order valence-corrected chi connectivity index (χ3v) is 8.30. The Morgan fingerprint density at radius 3 is 2.13 bits per heavy atom. The molecule has 0 atom stereocenters. The second kappa shape index (κ2) is 11.9. The van der Waals surface area contributed by atoms with E-state index in [1.165, 1.54) is 30.3 Å². The highest BCUT2D eigenvalue weighted by Crippen LogP contribution is 2.43. The van der Waals surface area contributed by atoms with Crippen molar-refractivity contribution in [3.05, 3.63) is 84.4 Å². The van der Waals surface area contributed by atoms with Gasteiger partial charge in [0.1, 0.15) is 10.6 Å². The van der Waals surface area contributed by atoms with Crippen molar-refractivity contribution < 1.29 is 28.0 Å². The average Bonchev–Trinajstić information content (AvgIpc) is 3.03. The summed E-state index contributed by atoms with van der Waals surface area (Å²) in [4.78, 5) is 13.5. The molecule has 5 aromatic rings. The van der Waals surface area contributed by atoms with E-state index in [-0.39, 0.29) is 10.9 Å². The van der Waals surface area contributed by atoms with Crippen molar-refractivity contribution in [2.45, 2.75) is 4.90 Å². The van der Waals surface area contributed by atoms with E-state index in [0.29, 0.717) is 57.7 Å². The Labute approximate surface area is 257 Å². The molecule has 0 spiro atoms. The first-order valence-electron chi connectivity index (χ1n) is 13.8. The van der Waals surface area contributed by atoms with Gasteiger partial charge >= 0.3 is 5.97 Å². The standard InChI is InChI=1S/C31H27N7O6S/c32-19-6-5-18-15-28(45(42,43)44)29(30(39)23(18)16-19)37-36-26-9-8-25(21-3-1-2-4-22(21)26)35-34-20-7-10-27(24(17-20)31(40)41)38-13-11-33-12-14-38/h1-10,15-17,33,39H,11-14,32H2,(H,40,41)(H,42,43,44). The van der Waals surface area contributed by atoms with Gasteiger partial charge in [0.05, 0.1) is 28.3 Å². The first-order chi connectivity index (χ1) is 21.6. The summed E-state index contributed by atoms with van der Waals surface area (Å²) in [6.45, 7) is 2.93. The van der Waals surface area contributed by atoms with Crippen molar-refractivity contribution >= 4 is 71.8 Å². The molecule has 1 saturated heterocycles. The van der Waals surface area contributed by atoms with Crippen LogP contribution in [0.1, 0.15) is 10.4 Å². The zero-order valence-electron chi connectivity index (χ0n) is 23.6. The molecule has 0 bridgehead atoms. The number of carbonyl (C=O) groups is 1. The third-order valence-electron chi connectivity index (χ3n) is 7.43. The molecule has 0 saturated carbocycles. The van der Waals surface area contributed by atoms with Crippen LogP contribution in [-0.2, 0) is 10.1 Å². The zero-order valence-corrected chi connectivity index (χ0v) is 24.4. The maximum absolute atomic E-state index is 12.2. The van der Waals surface area contributed by atoms with Crippen LogP contribution in [0.3, 0.4) is 0 Å². The summed E-state index contributed by atoms with van der Waals surface area (Å²) < 4.78 is 34.2. The molecule has 13 nitrogen and oxygen atoms in total. The van der Waals surface area contributed by atoms with Gasteiger partial charge in [-0.3, -0.25) is 4.55 Å². The van der Waals surface area contributed by atoms with Gasteiger partial charge in [-0.15, -0.1) is 15.3 Å². The fourth-order valence-corrected chi connectivity index (χ4v) is 5.91. The summed E-state index contributed by atoms with van der Waals surface area (Å²) in [5, 5.41) is 42.8. The monoisotopic (exact) mass is 625 g/mol. The number of hydrogen-bond donors (Lipinski definition) is 5. The smallest absolute Gasteiger partial charge is 0.337 e. The number of azo groups is 2. The maximum Gasteiger partial charge on any atom is 0.337 e. The number of piperazine rings is 1. The number of nitrogens with one attached hydrogen (secondary N) is 1. The lowest BCUT2D eigenvalue weighted by Gasteiger charge is -2.30. The van der Waals surface area contributed by atoms with E-state index in [0.717, 1.165) is 13.1 Å². The second-order valence-corrected chi connectivity index (χ2v) is 11.7. The quantitative estimate of drug-likeness (QED) is 0.0763. The van der Waals surface area contributed by atoms with Crippen LogP contribution in [0.15, 0.2) is 104 Å². The molecule has 0 radical (unpaired) electrons. The molecule has 6 rings (SSSR count). The molecule has 1 fully saturated rings. The number of phenolic OH excluding ortho intramolecular Hbond substituents is 1. The van der Waals surface area contributed by atoms with Crippen molar-refractivity contribution in [3.63, 3.8) is 0 Å². The number of phenols is 1. The maximum atomic E-state index is 12.2. The lowest BCUT2D eigenvalue weighted by Crippen LogP contribution is -2.44. The minimum atomic E-state index is -4.78. The summed E-state index contributed by atoms with van der Waals surface area (Å²) >= 11 is 0. The average molecular weight is 626 g/mol. The Balaban J connectivity index is 1.37. The highest BCUT2D eigenvalue weighted by Gasteiger charge is 2.22. The van der Waals surface area contributed by atoms with Crippen LogP contribution in [0.4, 0.5) is 34.1 Å². The van der Waals surface area contributed by atoms with Gasteiger partial charge in [0, 0.05) is 48.0 Å². The lowest BCUT2D eigenvalue weighted by atomic mass is 10.1. The minimum absolute atomic E-state index is 0.137. The van der Waals surface area contributed by atoms with Crippen molar-refractivity contribution in [1.29, 1.82) is 0 Å².